The second-order valence-corrected chi connectivity index (χ2v) is 11.7. The van der Waals surface area contributed by atoms with Crippen molar-refractivity contribution in [1.29, 1.82) is 0 Å². The third-order valence-corrected chi connectivity index (χ3v) is 9.30. The minimum atomic E-state index is -0.889. The molecule has 0 aromatic carbocycles. The van der Waals surface area contributed by atoms with Crippen LogP contribution >= 0.6 is 11.8 Å². The fourth-order valence-electron chi connectivity index (χ4n) is 7.17. The molecule has 4 rings (SSSR count). The molecule has 2 heterocycles. The molecule has 1 saturated heterocycles. The first-order valence-corrected chi connectivity index (χ1v) is 14.1. The molecule has 2 aliphatic carbocycles. The molecule has 4 bridgehead atoms. The lowest BCUT2D eigenvalue weighted by molar-refractivity contribution is -0.494. The van der Waals surface area contributed by atoms with E-state index in [1.54, 1.807) is 11.8 Å². The third-order valence-electron chi connectivity index (χ3n) is 8.93. The lowest BCUT2D eigenvalue weighted by Gasteiger charge is -2.48. The van der Waals surface area contributed by atoms with Gasteiger partial charge in [-0.05, 0) is 38.0 Å². The molecule has 2 fully saturated rings. The summed E-state index contributed by atoms with van der Waals surface area (Å²) in [7, 11) is 1.49. The fourth-order valence-corrected chi connectivity index (χ4v) is 7.52. The van der Waals surface area contributed by atoms with Gasteiger partial charge in [0, 0.05) is 35.7 Å². The van der Waals surface area contributed by atoms with Crippen LogP contribution < -0.4 is 0 Å². The summed E-state index contributed by atoms with van der Waals surface area (Å²) in [5.41, 5.74) is 0.0596. The van der Waals surface area contributed by atoms with E-state index < -0.39 is 35.8 Å². The van der Waals surface area contributed by atoms with Crippen molar-refractivity contribution in [2.45, 2.75) is 70.2 Å². The molecule has 10 heteroatoms. The number of methoxy groups -OCH3 is 1. The number of nitro groups is 1. The number of hydrogen-bond donors (Lipinski definition) is 1. The van der Waals surface area contributed by atoms with Gasteiger partial charge in [0.15, 0.2) is 6.10 Å². The SMILES string of the molecule is CO[C@H]1C[C@H]2C=C[C@@H]3[C@H]4[C@H](O)C(C)C(C[N+](=O)[O-])[C@@H]3O[C@]42/C(C)=C/[C@@H](C)[C@@H]([C@@H](C)OCSC)OC1=O. The Morgan fingerprint density at radius 2 is 2.08 bits per heavy atom. The Hall–Kier alpha value is -1.46. The van der Waals surface area contributed by atoms with Gasteiger partial charge in [0.05, 0.1) is 30.2 Å². The summed E-state index contributed by atoms with van der Waals surface area (Å²) in [6, 6.07) is 0. The van der Waals surface area contributed by atoms with Crippen molar-refractivity contribution in [2.24, 2.45) is 35.5 Å². The monoisotopic (exact) mass is 525 g/mol. The van der Waals surface area contributed by atoms with Crippen LogP contribution in [-0.2, 0) is 23.7 Å². The molecule has 36 heavy (non-hydrogen) atoms. The van der Waals surface area contributed by atoms with Crippen molar-refractivity contribution in [1.82, 2.24) is 0 Å². The van der Waals surface area contributed by atoms with E-state index in [4.69, 9.17) is 18.9 Å². The predicted molar refractivity (Wildman–Crippen MR) is 135 cm³/mol. The molecular weight excluding hydrogens is 486 g/mol. The van der Waals surface area contributed by atoms with Crippen LogP contribution in [0.4, 0.5) is 0 Å². The van der Waals surface area contributed by atoms with Crippen LogP contribution in [0.3, 0.4) is 0 Å². The van der Waals surface area contributed by atoms with Crippen LogP contribution in [0, 0.1) is 45.6 Å². The van der Waals surface area contributed by atoms with E-state index in [-0.39, 0.29) is 53.3 Å². The van der Waals surface area contributed by atoms with Gasteiger partial charge in [0.1, 0.15) is 11.7 Å². The normalized spacial score (nSPS) is 46.3. The maximum atomic E-state index is 13.3. The maximum Gasteiger partial charge on any atom is 0.335 e. The molecule has 2 unspecified atom stereocenters. The van der Waals surface area contributed by atoms with Crippen LogP contribution in [-0.4, -0.2) is 78.0 Å². The number of aliphatic hydroxyl groups excluding tert-OH is 1. The average molecular weight is 526 g/mol. The number of nitrogens with zero attached hydrogens (tertiary/aromatic N) is 1. The van der Waals surface area contributed by atoms with E-state index in [1.165, 1.54) is 7.11 Å². The maximum absolute atomic E-state index is 13.3. The van der Waals surface area contributed by atoms with E-state index in [1.807, 2.05) is 40.0 Å². The highest BCUT2D eigenvalue weighted by atomic mass is 32.2. The molecule has 12 atom stereocenters. The van der Waals surface area contributed by atoms with Gasteiger partial charge in [-0.2, -0.15) is 0 Å². The molecule has 0 aromatic heterocycles. The van der Waals surface area contributed by atoms with Crippen molar-refractivity contribution in [3.63, 3.8) is 0 Å². The Kier molecular flexibility index (Phi) is 8.22. The molecule has 0 amide bonds. The van der Waals surface area contributed by atoms with Gasteiger partial charge >= 0.3 is 5.97 Å². The molecule has 2 aliphatic heterocycles. The molecule has 0 radical (unpaired) electrons. The van der Waals surface area contributed by atoms with Crippen LogP contribution in [0.25, 0.3) is 0 Å². The highest BCUT2D eigenvalue weighted by Gasteiger charge is 2.68. The zero-order valence-corrected chi connectivity index (χ0v) is 22.7. The number of carbonyl (C=O) groups is 1. The summed E-state index contributed by atoms with van der Waals surface area (Å²) in [6.07, 6.45) is 5.57. The van der Waals surface area contributed by atoms with E-state index in [9.17, 15) is 20.0 Å². The van der Waals surface area contributed by atoms with Crippen LogP contribution in [0.5, 0.6) is 0 Å². The number of aliphatic hydroxyl groups is 1. The summed E-state index contributed by atoms with van der Waals surface area (Å²) in [4.78, 5) is 24.5. The number of carbonyl (C=O) groups excluding carboxylic acids is 1. The summed E-state index contributed by atoms with van der Waals surface area (Å²) < 4.78 is 24.4. The van der Waals surface area contributed by atoms with Gasteiger partial charge in [-0.3, -0.25) is 10.1 Å². The summed E-state index contributed by atoms with van der Waals surface area (Å²) >= 11 is 1.55. The number of esters is 1. The molecule has 0 aromatic rings. The van der Waals surface area contributed by atoms with Crippen LogP contribution in [0.1, 0.15) is 34.1 Å². The quantitative estimate of drug-likeness (QED) is 0.176. The number of cyclic esters (lactones) is 1. The molecule has 1 saturated carbocycles. The minimum Gasteiger partial charge on any atom is -0.457 e. The van der Waals surface area contributed by atoms with Crippen molar-refractivity contribution in [2.75, 3.05) is 25.8 Å². The van der Waals surface area contributed by atoms with E-state index in [0.29, 0.717) is 12.4 Å². The van der Waals surface area contributed by atoms with Gasteiger partial charge in [0.25, 0.3) is 0 Å². The first kappa shape index (κ1) is 27.6. The second-order valence-electron chi connectivity index (χ2n) is 10.8. The standard InChI is InChI=1S/C26H39NO8S/c1-13-9-14(2)26-17(10-20(32-5)25(29)34-23(13)16(4)33-12-36-6)7-8-18-21(26)22(28)15(3)19(11-27(30)31)24(18)35-26/h7-9,13,15-24,28H,10-12H2,1-6H3/b14-9+/t13-,15?,16-,17-,18-,19?,20+,21+,22-,23+,24-,26+/m1/s1. The molecule has 4 aliphatic rings. The zero-order valence-electron chi connectivity index (χ0n) is 21.9. The van der Waals surface area contributed by atoms with Crippen molar-refractivity contribution in [3.05, 3.63) is 33.9 Å². The summed E-state index contributed by atoms with van der Waals surface area (Å²) in [5.74, 6) is -1.53. The van der Waals surface area contributed by atoms with Crippen LogP contribution in [0.15, 0.2) is 23.8 Å². The topological polar surface area (TPSA) is 117 Å². The Morgan fingerprint density at radius 1 is 1.36 bits per heavy atom. The number of hydrogen-bond acceptors (Lipinski definition) is 9. The Bertz CT molecular complexity index is 910. The summed E-state index contributed by atoms with van der Waals surface area (Å²) in [5, 5.41) is 23.1. The van der Waals surface area contributed by atoms with Gasteiger partial charge in [0.2, 0.25) is 6.54 Å². The van der Waals surface area contributed by atoms with Crippen molar-refractivity contribution < 1.29 is 33.8 Å². The molecular formula is C26H39NO8S. The molecule has 202 valence electrons. The minimum absolute atomic E-state index is 0.133. The molecule has 1 spiro atoms. The third kappa shape index (κ3) is 4.53. The lowest BCUT2D eigenvalue weighted by atomic mass is 9.56. The average Bonchev–Trinajstić information content (AvgIpc) is 3.03. The van der Waals surface area contributed by atoms with Crippen LogP contribution in [0.2, 0.25) is 0 Å². The van der Waals surface area contributed by atoms with Gasteiger partial charge < -0.3 is 24.1 Å². The van der Waals surface area contributed by atoms with Gasteiger partial charge in [-0.25, -0.2) is 4.79 Å². The first-order valence-electron chi connectivity index (χ1n) is 12.8. The fraction of sp³-hybridized carbons (Fsp3) is 0.808. The smallest absolute Gasteiger partial charge is 0.335 e. The number of thioether (sulfide) groups is 1. The Labute approximate surface area is 217 Å². The predicted octanol–water partition coefficient (Wildman–Crippen LogP) is 3.08. The summed E-state index contributed by atoms with van der Waals surface area (Å²) in [6.45, 7) is 7.53. The van der Waals surface area contributed by atoms with E-state index >= 15 is 0 Å². The number of ether oxygens (including phenoxy) is 4. The number of rotatable bonds is 7. The highest BCUT2D eigenvalue weighted by molar-refractivity contribution is 7.98. The van der Waals surface area contributed by atoms with Gasteiger partial charge in [-0.1, -0.05) is 32.1 Å². The van der Waals surface area contributed by atoms with Gasteiger partial charge in [-0.15, -0.1) is 11.8 Å². The largest absolute Gasteiger partial charge is 0.457 e. The molecule has 9 nitrogen and oxygen atoms in total. The zero-order chi connectivity index (χ0) is 26.4. The Balaban J connectivity index is 1.80. The van der Waals surface area contributed by atoms with E-state index in [2.05, 4.69) is 12.2 Å². The first-order chi connectivity index (χ1) is 17.1. The van der Waals surface area contributed by atoms with E-state index in [0.717, 1.165) is 5.57 Å². The van der Waals surface area contributed by atoms with Crippen molar-refractivity contribution in [3.8, 4) is 0 Å². The lowest BCUT2D eigenvalue weighted by Crippen LogP contribution is -2.56. The second kappa shape index (κ2) is 10.7. The highest BCUT2D eigenvalue weighted by Crippen LogP contribution is 2.62. The molecule has 1 N–H and O–H groups in total. The van der Waals surface area contributed by atoms with Crippen molar-refractivity contribution >= 4 is 17.7 Å². The Morgan fingerprint density at radius 3 is 2.72 bits per heavy atom.